The molecular weight excluding hydrogens is 168 g/mol. The third-order valence-electron chi connectivity index (χ3n) is 1.70. The third-order valence-corrected chi connectivity index (χ3v) is 1.70. The molecule has 0 atom stereocenters. The standard InChI is InChI=1S/C9H8N2O2/c1-12-8-4-2-7(3-5-8)9-11-10-6-13-9/h2-6H,1H3. The van der Waals surface area contributed by atoms with E-state index in [0.717, 1.165) is 11.3 Å². The van der Waals surface area contributed by atoms with Gasteiger partial charge in [-0.05, 0) is 24.3 Å². The van der Waals surface area contributed by atoms with Crippen molar-refractivity contribution in [3.8, 4) is 17.2 Å². The van der Waals surface area contributed by atoms with Crippen molar-refractivity contribution in [3.05, 3.63) is 30.7 Å². The molecule has 0 bridgehead atoms. The molecule has 13 heavy (non-hydrogen) atoms. The SMILES string of the molecule is COc1ccc(-c2nnco2)cc1. The van der Waals surface area contributed by atoms with E-state index in [1.54, 1.807) is 7.11 Å². The van der Waals surface area contributed by atoms with Crippen LogP contribution in [0.15, 0.2) is 35.1 Å². The molecule has 0 saturated heterocycles. The molecule has 0 aliphatic heterocycles. The predicted octanol–water partition coefficient (Wildman–Crippen LogP) is 1.75. The van der Waals surface area contributed by atoms with Gasteiger partial charge in [0.1, 0.15) is 5.75 Å². The lowest BCUT2D eigenvalue weighted by Crippen LogP contribution is -1.82. The van der Waals surface area contributed by atoms with Crippen molar-refractivity contribution in [3.63, 3.8) is 0 Å². The quantitative estimate of drug-likeness (QED) is 0.699. The molecule has 0 N–H and O–H groups in total. The number of rotatable bonds is 2. The molecule has 66 valence electrons. The van der Waals surface area contributed by atoms with Crippen LogP contribution in [0.4, 0.5) is 0 Å². The van der Waals surface area contributed by atoms with E-state index in [4.69, 9.17) is 9.15 Å². The summed E-state index contributed by atoms with van der Waals surface area (Å²) in [7, 11) is 1.63. The highest BCUT2D eigenvalue weighted by atomic mass is 16.5. The van der Waals surface area contributed by atoms with E-state index < -0.39 is 0 Å². The van der Waals surface area contributed by atoms with E-state index in [9.17, 15) is 0 Å². The van der Waals surface area contributed by atoms with Crippen LogP contribution in [0, 0.1) is 0 Å². The molecule has 0 aliphatic rings. The van der Waals surface area contributed by atoms with Crippen molar-refractivity contribution in [1.82, 2.24) is 10.2 Å². The molecule has 2 rings (SSSR count). The number of aromatic nitrogens is 2. The summed E-state index contributed by atoms with van der Waals surface area (Å²) < 4.78 is 10.0. The fourth-order valence-corrected chi connectivity index (χ4v) is 1.03. The van der Waals surface area contributed by atoms with Gasteiger partial charge in [-0.1, -0.05) is 0 Å². The maximum Gasteiger partial charge on any atom is 0.247 e. The highest BCUT2D eigenvalue weighted by molar-refractivity contribution is 5.53. The average Bonchev–Trinajstić information content (AvgIpc) is 2.71. The van der Waals surface area contributed by atoms with E-state index in [0.29, 0.717) is 5.89 Å². The van der Waals surface area contributed by atoms with Gasteiger partial charge in [0.2, 0.25) is 12.3 Å². The largest absolute Gasteiger partial charge is 0.497 e. The van der Waals surface area contributed by atoms with Crippen molar-refractivity contribution in [1.29, 1.82) is 0 Å². The highest BCUT2D eigenvalue weighted by Gasteiger charge is 2.01. The minimum Gasteiger partial charge on any atom is -0.497 e. The van der Waals surface area contributed by atoms with Crippen LogP contribution < -0.4 is 4.74 Å². The first-order valence-corrected chi connectivity index (χ1v) is 3.81. The molecule has 4 nitrogen and oxygen atoms in total. The van der Waals surface area contributed by atoms with Crippen molar-refractivity contribution >= 4 is 0 Å². The number of hydrogen-bond donors (Lipinski definition) is 0. The van der Waals surface area contributed by atoms with E-state index in [-0.39, 0.29) is 0 Å². The Hall–Kier alpha value is -1.84. The molecule has 0 spiro atoms. The normalized spacial score (nSPS) is 9.92. The molecule has 1 aromatic carbocycles. The van der Waals surface area contributed by atoms with Crippen molar-refractivity contribution in [2.24, 2.45) is 0 Å². The summed E-state index contributed by atoms with van der Waals surface area (Å²) in [5, 5.41) is 7.38. The van der Waals surface area contributed by atoms with Crippen molar-refractivity contribution in [2.45, 2.75) is 0 Å². The Balaban J connectivity index is 2.33. The van der Waals surface area contributed by atoms with Crippen LogP contribution in [-0.4, -0.2) is 17.3 Å². The monoisotopic (exact) mass is 176 g/mol. The number of methoxy groups -OCH3 is 1. The van der Waals surface area contributed by atoms with E-state index in [1.165, 1.54) is 6.39 Å². The van der Waals surface area contributed by atoms with Gasteiger partial charge < -0.3 is 9.15 Å². The summed E-state index contributed by atoms with van der Waals surface area (Å²) in [6.07, 6.45) is 1.31. The average molecular weight is 176 g/mol. The van der Waals surface area contributed by atoms with Crippen LogP contribution in [0.1, 0.15) is 0 Å². The Morgan fingerprint density at radius 1 is 1.23 bits per heavy atom. The fourth-order valence-electron chi connectivity index (χ4n) is 1.03. The van der Waals surface area contributed by atoms with Gasteiger partial charge in [-0.3, -0.25) is 0 Å². The van der Waals surface area contributed by atoms with Crippen molar-refractivity contribution < 1.29 is 9.15 Å². The van der Waals surface area contributed by atoms with Gasteiger partial charge in [0.05, 0.1) is 7.11 Å². The number of nitrogens with zero attached hydrogens (tertiary/aromatic N) is 2. The molecule has 2 aromatic rings. The second-order valence-electron chi connectivity index (χ2n) is 2.47. The topological polar surface area (TPSA) is 48.2 Å². The van der Waals surface area contributed by atoms with Crippen LogP contribution in [0.3, 0.4) is 0 Å². The van der Waals surface area contributed by atoms with Crippen LogP contribution in [0.25, 0.3) is 11.5 Å². The molecule has 0 aliphatic carbocycles. The van der Waals surface area contributed by atoms with Gasteiger partial charge >= 0.3 is 0 Å². The Kier molecular flexibility index (Phi) is 1.96. The molecule has 0 radical (unpaired) electrons. The summed E-state index contributed by atoms with van der Waals surface area (Å²) >= 11 is 0. The molecule has 1 aromatic heterocycles. The number of hydrogen-bond acceptors (Lipinski definition) is 4. The molecule has 0 fully saturated rings. The maximum absolute atomic E-state index is 5.03. The summed E-state index contributed by atoms with van der Waals surface area (Å²) in [5.41, 5.74) is 0.887. The lowest BCUT2D eigenvalue weighted by Gasteiger charge is -1.98. The van der Waals surface area contributed by atoms with E-state index in [2.05, 4.69) is 10.2 Å². The first-order chi connectivity index (χ1) is 6.40. The zero-order chi connectivity index (χ0) is 9.10. The molecule has 0 unspecified atom stereocenters. The first-order valence-electron chi connectivity index (χ1n) is 3.81. The van der Waals surface area contributed by atoms with E-state index >= 15 is 0 Å². The lowest BCUT2D eigenvalue weighted by atomic mass is 10.2. The molecule has 0 saturated carbocycles. The Labute approximate surface area is 75.2 Å². The Morgan fingerprint density at radius 2 is 2.00 bits per heavy atom. The molecular formula is C9H8N2O2. The molecule has 4 heteroatoms. The minimum atomic E-state index is 0.516. The second-order valence-corrected chi connectivity index (χ2v) is 2.47. The zero-order valence-corrected chi connectivity index (χ0v) is 7.10. The maximum atomic E-state index is 5.03. The number of benzene rings is 1. The van der Waals surface area contributed by atoms with Crippen molar-refractivity contribution in [2.75, 3.05) is 7.11 Å². The second kappa shape index (κ2) is 3.26. The number of ether oxygens (including phenoxy) is 1. The predicted molar refractivity (Wildman–Crippen MR) is 46.3 cm³/mol. The highest BCUT2D eigenvalue weighted by Crippen LogP contribution is 2.19. The van der Waals surface area contributed by atoms with Gasteiger partial charge in [0.25, 0.3) is 0 Å². The molecule has 0 amide bonds. The smallest absolute Gasteiger partial charge is 0.247 e. The van der Waals surface area contributed by atoms with Crippen LogP contribution in [0.5, 0.6) is 5.75 Å². The van der Waals surface area contributed by atoms with Gasteiger partial charge in [-0.15, -0.1) is 10.2 Å². The van der Waals surface area contributed by atoms with Crippen LogP contribution in [0.2, 0.25) is 0 Å². The molecule has 1 heterocycles. The van der Waals surface area contributed by atoms with Gasteiger partial charge in [-0.25, -0.2) is 0 Å². The van der Waals surface area contributed by atoms with E-state index in [1.807, 2.05) is 24.3 Å². The first kappa shape index (κ1) is 7.79. The third kappa shape index (κ3) is 1.51. The van der Waals surface area contributed by atoms with Gasteiger partial charge in [0.15, 0.2) is 0 Å². The Morgan fingerprint density at radius 3 is 2.54 bits per heavy atom. The summed E-state index contributed by atoms with van der Waals surface area (Å²) in [4.78, 5) is 0. The van der Waals surface area contributed by atoms with Gasteiger partial charge in [-0.2, -0.15) is 0 Å². The lowest BCUT2D eigenvalue weighted by molar-refractivity contribution is 0.415. The minimum absolute atomic E-state index is 0.516. The van der Waals surface area contributed by atoms with Crippen LogP contribution in [-0.2, 0) is 0 Å². The summed E-state index contributed by atoms with van der Waals surface area (Å²) in [6.45, 7) is 0. The van der Waals surface area contributed by atoms with Gasteiger partial charge in [0, 0.05) is 5.56 Å². The Bertz CT molecular complexity index is 367. The summed E-state index contributed by atoms with van der Waals surface area (Å²) in [5.74, 6) is 1.32. The fraction of sp³-hybridized carbons (Fsp3) is 0.111. The summed E-state index contributed by atoms with van der Waals surface area (Å²) in [6, 6.07) is 7.43. The zero-order valence-electron chi connectivity index (χ0n) is 7.10. The van der Waals surface area contributed by atoms with Crippen LogP contribution >= 0.6 is 0 Å².